The van der Waals surface area contributed by atoms with Crippen molar-refractivity contribution in [3.8, 4) is 11.5 Å². The SMILES string of the molecule is COc1ccc(/C=C/C(=O)NCCS(=O)(=O)N2CCN(c3ccccc3)CC2)cc1OC. The number of carbonyl (C=O) groups is 1. The molecule has 9 heteroatoms. The van der Waals surface area contributed by atoms with Crippen molar-refractivity contribution >= 4 is 27.7 Å². The van der Waals surface area contributed by atoms with Gasteiger partial charge in [0.1, 0.15) is 0 Å². The second-order valence-corrected chi connectivity index (χ2v) is 9.36. The molecule has 1 saturated heterocycles. The van der Waals surface area contributed by atoms with Crippen molar-refractivity contribution in [3.05, 3.63) is 60.2 Å². The number of rotatable bonds is 9. The number of hydrogen-bond acceptors (Lipinski definition) is 6. The molecule has 0 aliphatic carbocycles. The van der Waals surface area contributed by atoms with E-state index in [1.807, 2.05) is 30.3 Å². The standard InChI is InChI=1S/C23H29N3O5S/c1-30-21-10-8-19(18-22(21)31-2)9-11-23(27)24-12-17-32(28,29)26-15-13-25(14-16-26)20-6-4-3-5-7-20/h3-11,18H,12-17H2,1-2H3,(H,24,27)/b11-9+. The number of anilines is 1. The zero-order chi connectivity index (χ0) is 23.0. The number of nitrogens with one attached hydrogen (secondary N) is 1. The molecule has 32 heavy (non-hydrogen) atoms. The summed E-state index contributed by atoms with van der Waals surface area (Å²) < 4.78 is 37.2. The summed E-state index contributed by atoms with van der Waals surface area (Å²) in [7, 11) is -0.336. The molecule has 1 fully saturated rings. The van der Waals surface area contributed by atoms with Crippen molar-refractivity contribution in [2.45, 2.75) is 0 Å². The Bertz CT molecular complexity index is 1030. The van der Waals surface area contributed by atoms with Gasteiger partial charge in [-0.05, 0) is 35.9 Å². The molecule has 1 heterocycles. The molecule has 1 aliphatic rings. The quantitative estimate of drug-likeness (QED) is 0.577. The predicted octanol–water partition coefficient (Wildman–Crippen LogP) is 1.99. The van der Waals surface area contributed by atoms with E-state index in [4.69, 9.17) is 9.47 Å². The topological polar surface area (TPSA) is 88.2 Å². The fraction of sp³-hybridized carbons (Fsp3) is 0.348. The Hall–Kier alpha value is -3.04. The van der Waals surface area contributed by atoms with Gasteiger partial charge in [-0.15, -0.1) is 0 Å². The van der Waals surface area contributed by atoms with E-state index >= 15 is 0 Å². The van der Waals surface area contributed by atoms with Crippen LogP contribution < -0.4 is 19.7 Å². The molecule has 0 radical (unpaired) electrons. The highest BCUT2D eigenvalue weighted by atomic mass is 32.2. The normalized spacial score (nSPS) is 15.0. The highest BCUT2D eigenvalue weighted by Gasteiger charge is 2.26. The van der Waals surface area contributed by atoms with Crippen LogP contribution >= 0.6 is 0 Å². The van der Waals surface area contributed by atoms with E-state index in [0.717, 1.165) is 11.3 Å². The first-order valence-corrected chi connectivity index (χ1v) is 12.0. The first kappa shape index (κ1) is 23.6. The molecule has 0 atom stereocenters. The fourth-order valence-electron chi connectivity index (χ4n) is 3.48. The predicted molar refractivity (Wildman–Crippen MR) is 126 cm³/mol. The number of amides is 1. The highest BCUT2D eigenvalue weighted by Crippen LogP contribution is 2.27. The minimum atomic E-state index is -3.43. The molecule has 0 aromatic heterocycles. The van der Waals surface area contributed by atoms with Gasteiger partial charge in [0.15, 0.2) is 11.5 Å². The maximum absolute atomic E-state index is 12.6. The monoisotopic (exact) mass is 459 g/mol. The molecule has 3 rings (SSSR count). The third-order valence-corrected chi connectivity index (χ3v) is 7.12. The number of piperazine rings is 1. The Morgan fingerprint density at radius 2 is 1.69 bits per heavy atom. The van der Waals surface area contributed by atoms with E-state index < -0.39 is 10.0 Å². The lowest BCUT2D eigenvalue weighted by Gasteiger charge is -2.35. The summed E-state index contributed by atoms with van der Waals surface area (Å²) in [4.78, 5) is 14.3. The first-order valence-electron chi connectivity index (χ1n) is 10.4. The number of carbonyl (C=O) groups excluding carboxylic acids is 1. The highest BCUT2D eigenvalue weighted by molar-refractivity contribution is 7.89. The van der Waals surface area contributed by atoms with Gasteiger partial charge in [-0.3, -0.25) is 4.79 Å². The molecule has 0 spiro atoms. The Morgan fingerprint density at radius 1 is 1.00 bits per heavy atom. The van der Waals surface area contributed by atoms with Crippen molar-refractivity contribution < 1.29 is 22.7 Å². The third kappa shape index (κ3) is 6.24. The molecule has 8 nitrogen and oxygen atoms in total. The largest absolute Gasteiger partial charge is 0.493 e. The van der Waals surface area contributed by atoms with Gasteiger partial charge in [0.05, 0.1) is 20.0 Å². The van der Waals surface area contributed by atoms with Gasteiger partial charge in [0.2, 0.25) is 15.9 Å². The minimum Gasteiger partial charge on any atom is -0.493 e. The average Bonchev–Trinajstić information content (AvgIpc) is 2.83. The second-order valence-electron chi connectivity index (χ2n) is 7.28. The van der Waals surface area contributed by atoms with Crippen LogP contribution in [0, 0.1) is 0 Å². The number of benzene rings is 2. The summed E-state index contributed by atoms with van der Waals surface area (Å²) in [5, 5.41) is 2.64. The number of sulfonamides is 1. The lowest BCUT2D eigenvalue weighted by atomic mass is 10.2. The number of para-hydroxylation sites is 1. The van der Waals surface area contributed by atoms with Crippen LogP contribution in [0.15, 0.2) is 54.6 Å². The minimum absolute atomic E-state index is 0.0519. The lowest BCUT2D eigenvalue weighted by molar-refractivity contribution is -0.116. The van der Waals surface area contributed by atoms with Crippen LogP contribution in [0.1, 0.15) is 5.56 Å². The molecule has 1 amide bonds. The Morgan fingerprint density at radius 3 is 2.34 bits per heavy atom. The Balaban J connectivity index is 1.45. The lowest BCUT2D eigenvalue weighted by Crippen LogP contribution is -2.50. The number of ether oxygens (including phenoxy) is 2. The van der Waals surface area contributed by atoms with Crippen LogP contribution in [0.25, 0.3) is 6.08 Å². The van der Waals surface area contributed by atoms with Gasteiger partial charge in [-0.25, -0.2) is 8.42 Å². The molecular weight excluding hydrogens is 430 g/mol. The van der Waals surface area contributed by atoms with Crippen molar-refractivity contribution in [1.82, 2.24) is 9.62 Å². The van der Waals surface area contributed by atoms with Crippen molar-refractivity contribution in [2.75, 3.05) is 57.6 Å². The maximum atomic E-state index is 12.6. The summed E-state index contributed by atoms with van der Waals surface area (Å²) >= 11 is 0. The zero-order valence-corrected chi connectivity index (χ0v) is 19.2. The maximum Gasteiger partial charge on any atom is 0.244 e. The summed E-state index contributed by atoms with van der Waals surface area (Å²) in [6, 6.07) is 15.3. The first-order chi connectivity index (χ1) is 15.4. The van der Waals surface area contributed by atoms with E-state index in [9.17, 15) is 13.2 Å². The molecule has 172 valence electrons. The van der Waals surface area contributed by atoms with E-state index in [2.05, 4.69) is 10.2 Å². The molecule has 0 saturated carbocycles. The van der Waals surface area contributed by atoms with Crippen LogP contribution in [-0.2, 0) is 14.8 Å². The Labute approximate surface area is 189 Å². The molecule has 1 aliphatic heterocycles. The Kier molecular flexibility index (Phi) is 8.13. The van der Waals surface area contributed by atoms with Gasteiger partial charge in [0.25, 0.3) is 0 Å². The summed E-state index contributed by atoms with van der Waals surface area (Å²) in [5.41, 5.74) is 1.86. The second kappa shape index (κ2) is 11.0. The van der Waals surface area contributed by atoms with Gasteiger partial charge < -0.3 is 19.7 Å². The number of methoxy groups -OCH3 is 2. The van der Waals surface area contributed by atoms with E-state index in [0.29, 0.717) is 37.7 Å². The van der Waals surface area contributed by atoms with E-state index in [-0.39, 0.29) is 18.2 Å². The molecule has 2 aromatic carbocycles. The van der Waals surface area contributed by atoms with Crippen molar-refractivity contribution in [3.63, 3.8) is 0 Å². The summed E-state index contributed by atoms with van der Waals surface area (Å²) in [5.74, 6) is 0.676. The average molecular weight is 460 g/mol. The van der Waals surface area contributed by atoms with Crippen molar-refractivity contribution in [1.29, 1.82) is 0 Å². The van der Waals surface area contributed by atoms with Gasteiger partial charge >= 0.3 is 0 Å². The molecule has 0 bridgehead atoms. The van der Waals surface area contributed by atoms with Gasteiger partial charge in [0, 0.05) is 44.5 Å². The summed E-state index contributed by atoms with van der Waals surface area (Å²) in [6.45, 7) is 2.21. The van der Waals surface area contributed by atoms with Gasteiger partial charge in [-0.2, -0.15) is 4.31 Å². The van der Waals surface area contributed by atoms with Crippen molar-refractivity contribution in [2.24, 2.45) is 0 Å². The fourth-order valence-corrected chi connectivity index (χ4v) is 4.82. The van der Waals surface area contributed by atoms with Crippen LogP contribution in [0.4, 0.5) is 5.69 Å². The number of hydrogen-bond donors (Lipinski definition) is 1. The zero-order valence-electron chi connectivity index (χ0n) is 18.4. The third-order valence-electron chi connectivity index (χ3n) is 5.25. The van der Waals surface area contributed by atoms with Crippen LogP contribution in [0.5, 0.6) is 11.5 Å². The van der Waals surface area contributed by atoms with Crippen LogP contribution in [0.3, 0.4) is 0 Å². The van der Waals surface area contributed by atoms with E-state index in [1.54, 1.807) is 38.5 Å². The van der Waals surface area contributed by atoms with E-state index in [1.165, 1.54) is 10.4 Å². The number of nitrogens with zero attached hydrogens (tertiary/aromatic N) is 2. The van der Waals surface area contributed by atoms with Crippen LogP contribution in [0.2, 0.25) is 0 Å². The molecular formula is C23H29N3O5S. The molecule has 2 aromatic rings. The van der Waals surface area contributed by atoms with Gasteiger partial charge in [-0.1, -0.05) is 24.3 Å². The smallest absolute Gasteiger partial charge is 0.244 e. The van der Waals surface area contributed by atoms with Crippen LogP contribution in [-0.4, -0.2) is 71.3 Å². The molecule has 0 unspecified atom stereocenters. The summed E-state index contributed by atoms with van der Waals surface area (Å²) in [6.07, 6.45) is 3.00. The molecule has 1 N–H and O–H groups in total.